The predicted octanol–water partition coefficient (Wildman–Crippen LogP) is 2.70. The van der Waals surface area contributed by atoms with Crippen molar-refractivity contribution in [1.29, 1.82) is 5.26 Å². The van der Waals surface area contributed by atoms with Gasteiger partial charge in [-0.05, 0) is 30.7 Å². The SMILES string of the molecule is CCCOc1ccccc1-c1ccc(C#N)c(=O)[nH]1. The fourth-order valence-electron chi connectivity index (χ4n) is 1.75. The summed E-state index contributed by atoms with van der Waals surface area (Å²) >= 11 is 0. The maximum absolute atomic E-state index is 11.7. The summed E-state index contributed by atoms with van der Waals surface area (Å²) in [5.41, 5.74) is 1.19. The number of H-pyrrole nitrogens is 1. The average Bonchev–Trinajstić information content (AvgIpc) is 2.45. The Kier molecular flexibility index (Phi) is 3.99. The summed E-state index contributed by atoms with van der Waals surface area (Å²) < 4.78 is 5.65. The number of hydrogen-bond donors (Lipinski definition) is 1. The second kappa shape index (κ2) is 5.87. The molecule has 2 rings (SSSR count). The van der Waals surface area contributed by atoms with Gasteiger partial charge in [0.15, 0.2) is 0 Å². The largest absolute Gasteiger partial charge is 0.493 e. The van der Waals surface area contributed by atoms with Gasteiger partial charge in [-0.2, -0.15) is 5.26 Å². The molecule has 0 bridgehead atoms. The van der Waals surface area contributed by atoms with E-state index in [1.807, 2.05) is 37.3 Å². The molecule has 0 saturated heterocycles. The molecule has 0 amide bonds. The van der Waals surface area contributed by atoms with E-state index in [1.54, 1.807) is 6.07 Å². The number of nitriles is 1. The maximum atomic E-state index is 11.7. The predicted molar refractivity (Wildman–Crippen MR) is 73.0 cm³/mol. The zero-order chi connectivity index (χ0) is 13.7. The van der Waals surface area contributed by atoms with Crippen molar-refractivity contribution in [2.24, 2.45) is 0 Å². The molecule has 4 nitrogen and oxygen atoms in total. The highest BCUT2D eigenvalue weighted by Gasteiger charge is 2.07. The van der Waals surface area contributed by atoms with Gasteiger partial charge in [-0.15, -0.1) is 0 Å². The fraction of sp³-hybridized carbons (Fsp3) is 0.200. The molecule has 0 aliphatic carbocycles. The van der Waals surface area contributed by atoms with Gasteiger partial charge in [0.25, 0.3) is 5.56 Å². The number of aromatic nitrogens is 1. The lowest BCUT2D eigenvalue weighted by Crippen LogP contribution is -2.10. The molecule has 2 aromatic rings. The number of pyridine rings is 1. The summed E-state index contributed by atoms with van der Waals surface area (Å²) in [6.45, 7) is 2.66. The van der Waals surface area contributed by atoms with E-state index in [0.29, 0.717) is 12.3 Å². The van der Waals surface area contributed by atoms with E-state index in [-0.39, 0.29) is 11.1 Å². The van der Waals surface area contributed by atoms with Crippen LogP contribution in [0.1, 0.15) is 18.9 Å². The van der Waals surface area contributed by atoms with Crippen LogP contribution in [0.3, 0.4) is 0 Å². The molecule has 0 unspecified atom stereocenters. The third kappa shape index (κ3) is 2.83. The highest BCUT2D eigenvalue weighted by Crippen LogP contribution is 2.27. The van der Waals surface area contributed by atoms with Crippen molar-refractivity contribution < 1.29 is 4.74 Å². The van der Waals surface area contributed by atoms with Crippen LogP contribution in [-0.2, 0) is 0 Å². The Hall–Kier alpha value is -2.54. The van der Waals surface area contributed by atoms with Crippen molar-refractivity contribution in [1.82, 2.24) is 4.98 Å². The molecule has 0 spiro atoms. The van der Waals surface area contributed by atoms with Crippen molar-refractivity contribution in [2.45, 2.75) is 13.3 Å². The molecule has 0 fully saturated rings. The van der Waals surface area contributed by atoms with Crippen LogP contribution in [0.5, 0.6) is 5.75 Å². The summed E-state index contributed by atoms with van der Waals surface area (Å²) in [6, 6.07) is 12.6. The lowest BCUT2D eigenvalue weighted by Gasteiger charge is -2.10. The first kappa shape index (κ1) is 12.9. The van der Waals surface area contributed by atoms with Crippen LogP contribution in [0.25, 0.3) is 11.3 Å². The number of hydrogen-bond acceptors (Lipinski definition) is 3. The van der Waals surface area contributed by atoms with Crippen molar-refractivity contribution in [3.8, 4) is 23.1 Å². The van der Waals surface area contributed by atoms with E-state index in [4.69, 9.17) is 10.00 Å². The molecule has 1 aromatic carbocycles. The Balaban J connectivity index is 2.44. The number of benzene rings is 1. The molecule has 1 N–H and O–H groups in total. The van der Waals surface area contributed by atoms with Gasteiger partial charge in [-0.3, -0.25) is 4.79 Å². The van der Waals surface area contributed by atoms with Crippen LogP contribution < -0.4 is 10.3 Å². The maximum Gasteiger partial charge on any atom is 0.266 e. The standard InChI is InChI=1S/C15H14N2O2/c1-2-9-19-14-6-4-3-5-12(14)13-8-7-11(10-16)15(18)17-13/h3-8H,2,9H2,1H3,(H,17,18). The minimum Gasteiger partial charge on any atom is -0.493 e. The van der Waals surface area contributed by atoms with Gasteiger partial charge in [-0.25, -0.2) is 0 Å². The van der Waals surface area contributed by atoms with Crippen molar-refractivity contribution >= 4 is 0 Å². The lowest BCUT2D eigenvalue weighted by molar-refractivity contribution is 0.318. The Morgan fingerprint density at radius 2 is 2.05 bits per heavy atom. The first-order valence-corrected chi connectivity index (χ1v) is 6.12. The molecule has 0 atom stereocenters. The quantitative estimate of drug-likeness (QED) is 0.912. The van der Waals surface area contributed by atoms with Gasteiger partial charge in [0.1, 0.15) is 17.4 Å². The van der Waals surface area contributed by atoms with Crippen LogP contribution in [0.2, 0.25) is 0 Å². The molecule has 1 heterocycles. The van der Waals surface area contributed by atoms with Crippen molar-refractivity contribution in [3.05, 3.63) is 52.3 Å². The van der Waals surface area contributed by atoms with Crippen LogP contribution in [0.15, 0.2) is 41.2 Å². The van der Waals surface area contributed by atoms with Crippen molar-refractivity contribution in [2.75, 3.05) is 6.61 Å². The van der Waals surface area contributed by atoms with Crippen LogP contribution in [-0.4, -0.2) is 11.6 Å². The van der Waals surface area contributed by atoms with Gasteiger partial charge >= 0.3 is 0 Å². The fourth-order valence-corrected chi connectivity index (χ4v) is 1.75. The number of ether oxygens (including phenoxy) is 1. The third-order valence-electron chi connectivity index (χ3n) is 2.67. The van der Waals surface area contributed by atoms with E-state index in [9.17, 15) is 4.79 Å². The van der Waals surface area contributed by atoms with Gasteiger partial charge in [0, 0.05) is 5.56 Å². The van der Waals surface area contributed by atoms with E-state index in [2.05, 4.69) is 4.98 Å². The smallest absolute Gasteiger partial charge is 0.266 e. The molecule has 4 heteroatoms. The molecule has 0 radical (unpaired) electrons. The first-order chi connectivity index (χ1) is 9.26. The molecule has 96 valence electrons. The Bertz CT molecular complexity index is 668. The van der Waals surface area contributed by atoms with Gasteiger partial charge in [0.2, 0.25) is 0 Å². The number of aromatic amines is 1. The Morgan fingerprint density at radius 1 is 1.26 bits per heavy atom. The average molecular weight is 254 g/mol. The summed E-state index contributed by atoms with van der Waals surface area (Å²) in [6.07, 6.45) is 0.915. The summed E-state index contributed by atoms with van der Waals surface area (Å²) in [5.74, 6) is 0.727. The van der Waals surface area contributed by atoms with E-state index < -0.39 is 0 Å². The highest BCUT2D eigenvalue weighted by molar-refractivity contribution is 5.67. The second-order valence-corrected chi connectivity index (χ2v) is 4.07. The third-order valence-corrected chi connectivity index (χ3v) is 2.67. The molecule has 0 aliphatic heterocycles. The molecular weight excluding hydrogens is 240 g/mol. The van der Waals surface area contributed by atoms with Gasteiger partial charge in [0.05, 0.1) is 12.3 Å². The van der Waals surface area contributed by atoms with Crippen LogP contribution >= 0.6 is 0 Å². The Morgan fingerprint density at radius 3 is 2.74 bits per heavy atom. The normalized spacial score (nSPS) is 9.89. The number of nitrogens with one attached hydrogen (secondary N) is 1. The minimum atomic E-state index is -0.384. The van der Waals surface area contributed by atoms with E-state index >= 15 is 0 Å². The monoisotopic (exact) mass is 254 g/mol. The Labute approximate surface area is 111 Å². The number of para-hydroxylation sites is 1. The number of nitrogens with zero attached hydrogens (tertiary/aromatic N) is 1. The first-order valence-electron chi connectivity index (χ1n) is 6.12. The van der Waals surface area contributed by atoms with Crippen molar-refractivity contribution in [3.63, 3.8) is 0 Å². The number of rotatable bonds is 4. The highest BCUT2D eigenvalue weighted by atomic mass is 16.5. The lowest BCUT2D eigenvalue weighted by atomic mass is 10.1. The van der Waals surface area contributed by atoms with E-state index in [0.717, 1.165) is 17.7 Å². The summed E-state index contributed by atoms with van der Waals surface area (Å²) in [4.78, 5) is 14.4. The zero-order valence-electron chi connectivity index (χ0n) is 10.6. The molecule has 1 aromatic heterocycles. The van der Waals surface area contributed by atoms with Gasteiger partial charge < -0.3 is 9.72 Å². The molecular formula is C15H14N2O2. The summed E-state index contributed by atoms with van der Waals surface area (Å²) in [7, 11) is 0. The molecule has 19 heavy (non-hydrogen) atoms. The second-order valence-electron chi connectivity index (χ2n) is 4.07. The molecule has 0 saturated carbocycles. The summed E-state index contributed by atoms with van der Waals surface area (Å²) in [5, 5.41) is 8.76. The molecule has 0 aliphatic rings. The minimum absolute atomic E-state index is 0.107. The topological polar surface area (TPSA) is 65.9 Å². The van der Waals surface area contributed by atoms with Crippen LogP contribution in [0.4, 0.5) is 0 Å². The van der Waals surface area contributed by atoms with Gasteiger partial charge in [-0.1, -0.05) is 19.1 Å². The zero-order valence-corrected chi connectivity index (χ0v) is 10.6. The van der Waals surface area contributed by atoms with E-state index in [1.165, 1.54) is 6.07 Å². The van der Waals surface area contributed by atoms with Crippen LogP contribution in [0, 0.1) is 11.3 Å².